The Labute approximate surface area is 96.6 Å². The number of hydrogen-bond donors (Lipinski definition) is 1. The molecule has 2 rings (SSSR count). The number of amides is 1. The zero-order valence-electron chi connectivity index (χ0n) is 9.65. The van der Waals surface area contributed by atoms with Gasteiger partial charge in [-0.25, -0.2) is 0 Å². The van der Waals surface area contributed by atoms with Crippen molar-refractivity contribution >= 4 is 5.91 Å². The van der Waals surface area contributed by atoms with E-state index in [-0.39, 0.29) is 18.6 Å². The summed E-state index contributed by atoms with van der Waals surface area (Å²) < 4.78 is 5.65. The lowest BCUT2D eigenvalue weighted by atomic mass is 9.91. The number of carbonyl (C=O) groups is 1. The largest absolute Gasteiger partial charge is 0.366 e. The molecule has 0 aromatic heterocycles. The minimum atomic E-state index is 0.0880. The van der Waals surface area contributed by atoms with E-state index in [4.69, 9.17) is 4.74 Å². The maximum absolute atomic E-state index is 11.6. The van der Waals surface area contributed by atoms with Crippen LogP contribution in [0, 0.1) is 5.92 Å². The van der Waals surface area contributed by atoms with E-state index in [1.807, 2.05) is 4.90 Å². The van der Waals surface area contributed by atoms with Crippen LogP contribution in [0.4, 0.5) is 0 Å². The second-order valence-electron chi connectivity index (χ2n) is 4.52. The van der Waals surface area contributed by atoms with Gasteiger partial charge in [0.15, 0.2) is 0 Å². The van der Waals surface area contributed by atoms with Crippen LogP contribution in [0.25, 0.3) is 0 Å². The van der Waals surface area contributed by atoms with Gasteiger partial charge in [-0.3, -0.25) is 4.79 Å². The summed E-state index contributed by atoms with van der Waals surface area (Å²) >= 11 is 0. The molecule has 0 bridgehead atoms. The summed E-state index contributed by atoms with van der Waals surface area (Å²) in [4.78, 5) is 13.4. The molecule has 4 nitrogen and oxygen atoms in total. The summed E-state index contributed by atoms with van der Waals surface area (Å²) in [6, 6.07) is 0. The Hall–Kier alpha value is -0.870. The minimum Gasteiger partial charge on any atom is -0.366 e. The van der Waals surface area contributed by atoms with Gasteiger partial charge < -0.3 is 15.0 Å². The number of hydrogen-bond acceptors (Lipinski definition) is 3. The molecule has 90 valence electrons. The van der Waals surface area contributed by atoms with Crippen LogP contribution in [0.15, 0.2) is 12.7 Å². The zero-order chi connectivity index (χ0) is 11.4. The van der Waals surface area contributed by atoms with Crippen LogP contribution in [0.1, 0.15) is 12.8 Å². The first-order valence-electron chi connectivity index (χ1n) is 6.02. The fraction of sp³-hybridized carbons (Fsp3) is 0.750. The predicted octanol–water partition coefficient (Wildman–Crippen LogP) is 0.399. The van der Waals surface area contributed by atoms with Crippen molar-refractivity contribution in [1.82, 2.24) is 10.2 Å². The molecule has 1 amide bonds. The maximum atomic E-state index is 11.6. The molecule has 4 heteroatoms. The number of nitrogens with one attached hydrogen (secondary N) is 1. The first-order valence-corrected chi connectivity index (χ1v) is 6.02. The summed E-state index contributed by atoms with van der Waals surface area (Å²) in [7, 11) is 0. The van der Waals surface area contributed by atoms with Gasteiger partial charge in [0.25, 0.3) is 0 Å². The normalized spacial score (nSPS) is 28.1. The van der Waals surface area contributed by atoms with Crippen molar-refractivity contribution in [3.05, 3.63) is 12.7 Å². The van der Waals surface area contributed by atoms with Crippen molar-refractivity contribution < 1.29 is 9.53 Å². The molecule has 0 aromatic rings. The van der Waals surface area contributed by atoms with E-state index >= 15 is 0 Å². The smallest absolute Gasteiger partial charge is 0.248 e. The molecule has 1 unspecified atom stereocenters. The van der Waals surface area contributed by atoms with Crippen LogP contribution < -0.4 is 5.32 Å². The Bertz CT molecular complexity index is 262. The quantitative estimate of drug-likeness (QED) is 0.706. The number of morpholine rings is 1. The molecule has 0 radical (unpaired) electrons. The summed E-state index contributed by atoms with van der Waals surface area (Å²) in [6.07, 6.45) is 4.31. The van der Waals surface area contributed by atoms with Crippen molar-refractivity contribution in [3.8, 4) is 0 Å². The fourth-order valence-corrected chi connectivity index (χ4v) is 2.47. The van der Waals surface area contributed by atoms with Crippen LogP contribution in [0.3, 0.4) is 0 Å². The van der Waals surface area contributed by atoms with E-state index in [9.17, 15) is 4.79 Å². The number of nitrogens with zero attached hydrogens (tertiary/aromatic N) is 1. The summed E-state index contributed by atoms with van der Waals surface area (Å²) in [5.74, 6) is 0.687. The zero-order valence-corrected chi connectivity index (χ0v) is 9.65. The van der Waals surface area contributed by atoms with Crippen molar-refractivity contribution in [3.63, 3.8) is 0 Å². The van der Waals surface area contributed by atoms with E-state index in [1.54, 1.807) is 6.08 Å². The molecule has 2 aliphatic rings. The van der Waals surface area contributed by atoms with Gasteiger partial charge in [-0.05, 0) is 31.8 Å². The second-order valence-corrected chi connectivity index (χ2v) is 4.52. The van der Waals surface area contributed by atoms with Crippen LogP contribution in [-0.4, -0.2) is 49.7 Å². The minimum absolute atomic E-state index is 0.0880. The van der Waals surface area contributed by atoms with Gasteiger partial charge in [-0.2, -0.15) is 0 Å². The highest BCUT2D eigenvalue weighted by Gasteiger charge is 2.31. The molecular weight excluding hydrogens is 204 g/mol. The van der Waals surface area contributed by atoms with E-state index in [0.717, 1.165) is 32.5 Å². The molecule has 2 fully saturated rings. The Morgan fingerprint density at radius 1 is 1.50 bits per heavy atom. The first-order chi connectivity index (χ1) is 7.81. The van der Waals surface area contributed by atoms with Crippen molar-refractivity contribution in [2.45, 2.75) is 18.9 Å². The van der Waals surface area contributed by atoms with Crippen LogP contribution in [-0.2, 0) is 9.53 Å². The number of piperidine rings is 1. The third-order valence-electron chi connectivity index (χ3n) is 3.43. The maximum Gasteiger partial charge on any atom is 0.248 e. The van der Waals surface area contributed by atoms with E-state index in [0.29, 0.717) is 12.5 Å². The molecule has 0 spiro atoms. The van der Waals surface area contributed by atoms with Crippen LogP contribution >= 0.6 is 0 Å². The molecule has 2 aliphatic heterocycles. The highest BCUT2D eigenvalue weighted by molar-refractivity contribution is 5.78. The van der Waals surface area contributed by atoms with Gasteiger partial charge in [-0.1, -0.05) is 6.08 Å². The third-order valence-corrected chi connectivity index (χ3v) is 3.43. The number of carbonyl (C=O) groups excluding carboxylic acids is 1. The summed E-state index contributed by atoms with van der Waals surface area (Å²) in [5, 5.41) is 3.35. The van der Waals surface area contributed by atoms with E-state index in [1.165, 1.54) is 0 Å². The molecule has 1 N–H and O–H groups in total. The molecule has 1 atom stereocenters. The van der Waals surface area contributed by atoms with Gasteiger partial charge >= 0.3 is 0 Å². The van der Waals surface area contributed by atoms with Gasteiger partial charge in [0.1, 0.15) is 6.61 Å². The highest BCUT2D eigenvalue weighted by Crippen LogP contribution is 2.22. The van der Waals surface area contributed by atoms with Crippen LogP contribution in [0.5, 0.6) is 0 Å². The highest BCUT2D eigenvalue weighted by atomic mass is 16.5. The SMILES string of the molecule is C=CCN1CC(C2CCNCC2)OCC1=O. The van der Waals surface area contributed by atoms with Gasteiger partial charge in [0.2, 0.25) is 5.91 Å². The van der Waals surface area contributed by atoms with Gasteiger partial charge in [0.05, 0.1) is 6.10 Å². The Morgan fingerprint density at radius 3 is 2.94 bits per heavy atom. The molecule has 16 heavy (non-hydrogen) atoms. The van der Waals surface area contributed by atoms with Crippen LogP contribution in [0.2, 0.25) is 0 Å². The lowest BCUT2D eigenvalue weighted by Crippen LogP contribution is -2.50. The first kappa shape index (κ1) is 11.6. The van der Waals surface area contributed by atoms with E-state index in [2.05, 4.69) is 11.9 Å². The average Bonchev–Trinajstić information content (AvgIpc) is 2.33. The van der Waals surface area contributed by atoms with Gasteiger partial charge in [-0.15, -0.1) is 6.58 Å². The molecule has 2 saturated heterocycles. The van der Waals surface area contributed by atoms with Crippen molar-refractivity contribution in [2.75, 3.05) is 32.8 Å². The fourth-order valence-electron chi connectivity index (χ4n) is 2.47. The topological polar surface area (TPSA) is 41.6 Å². The summed E-state index contributed by atoms with van der Waals surface area (Å²) in [5.41, 5.74) is 0. The Balaban J connectivity index is 1.90. The lowest BCUT2D eigenvalue weighted by molar-refractivity contribution is -0.152. The number of rotatable bonds is 3. The molecule has 0 aliphatic carbocycles. The standard InChI is InChI=1S/C12H20N2O2/c1-2-7-14-8-11(16-9-12(14)15)10-3-5-13-6-4-10/h2,10-11,13H,1,3-9H2. The molecule has 0 saturated carbocycles. The average molecular weight is 224 g/mol. The van der Waals surface area contributed by atoms with Gasteiger partial charge in [0, 0.05) is 13.1 Å². The molecule has 0 aromatic carbocycles. The summed E-state index contributed by atoms with van der Waals surface area (Å²) in [6.45, 7) is 7.43. The Kier molecular flexibility index (Phi) is 3.96. The Morgan fingerprint density at radius 2 is 2.25 bits per heavy atom. The van der Waals surface area contributed by atoms with Crippen molar-refractivity contribution in [1.29, 1.82) is 0 Å². The van der Waals surface area contributed by atoms with E-state index < -0.39 is 0 Å². The predicted molar refractivity (Wildman–Crippen MR) is 62.1 cm³/mol. The molecular formula is C12H20N2O2. The van der Waals surface area contributed by atoms with Crippen molar-refractivity contribution in [2.24, 2.45) is 5.92 Å². The third kappa shape index (κ3) is 2.62. The lowest BCUT2D eigenvalue weighted by Gasteiger charge is -2.37. The molecule has 2 heterocycles. The second kappa shape index (κ2) is 5.46. The number of ether oxygens (including phenoxy) is 1. The monoisotopic (exact) mass is 224 g/mol.